The van der Waals surface area contributed by atoms with Crippen molar-refractivity contribution in [2.45, 2.75) is 76.8 Å². The number of hydrogen-bond donors (Lipinski definition) is 3. The highest BCUT2D eigenvalue weighted by Crippen LogP contribution is 2.48. The maximum Gasteiger partial charge on any atom is 0.341 e. The Kier molecular flexibility index (Phi) is 4.73. The van der Waals surface area contributed by atoms with Crippen LogP contribution in [0.4, 0.5) is 0 Å². The van der Waals surface area contributed by atoms with Gasteiger partial charge in [-0.2, -0.15) is 0 Å². The first-order valence-electron chi connectivity index (χ1n) is 13.5. The summed E-state index contributed by atoms with van der Waals surface area (Å²) in [6.45, 7) is -4.98. The molecule has 0 amide bonds. The van der Waals surface area contributed by atoms with Gasteiger partial charge in [0.1, 0.15) is 5.75 Å². The van der Waals surface area contributed by atoms with Crippen molar-refractivity contribution in [2.75, 3.05) is 6.56 Å². The molecule has 0 heterocycles. The second kappa shape index (κ2) is 9.75. The van der Waals surface area contributed by atoms with E-state index in [2.05, 4.69) is 0 Å². The van der Waals surface area contributed by atoms with Crippen molar-refractivity contribution < 1.29 is 34.4 Å². The molecule has 0 unspecified atom stereocenters. The number of carboxylic acid groups (broad SMARTS) is 1. The highest BCUT2D eigenvalue weighted by atomic mass is 16.5. The summed E-state index contributed by atoms with van der Waals surface area (Å²) < 4.78 is 58.4. The van der Waals surface area contributed by atoms with Crippen molar-refractivity contribution in [1.29, 1.82) is 0 Å². The zero-order chi connectivity index (χ0) is 26.2. The summed E-state index contributed by atoms with van der Waals surface area (Å²) in [6, 6.07) is 5.12. The fraction of sp³-hybridized carbons (Fsp3) is 0.696. The molecule has 0 spiro atoms. The highest BCUT2D eigenvalue weighted by Gasteiger charge is 2.44. The predicted octanol–water partition coefficient (Wildman–Crippen LogP) is 3.58. The smallest absolute Gasteiger partial charge is 0.341 e. The third-order valence-corrected chi connectivity index (χ3v) is 6.10. The van der Waals surface area contributed by atoms with Crippen LogP contribution in [-0.4, -0.2) is 40.1 Å². The molecule has 2 aliphatic carbocycles. The van der Waals surface area contributed by atoms with Gasteiger partial charge in [-0.15, -0.1) is 0 Å². The molecule has 2 aliphatic rings. The van der Waals surface area contributed by atoms with Gasteiger partial charge in [-0.1, -0.05) is 38.2 Å². The predicted molar refractivity (Wildman–Crippen MR) is 107 cm³/mol. The van der Waals surface area contributed by atoms with E-state index in [-0.39, 0.29) is 49.2 Å². The van der Waals surface area contributed by atoms with Crippen LogP contribution in [0.5, 0.6) is 5.75 Å². The van der Waals surface area contributed by atoms with Gasteiger partial charge in [0.25, 0.3) is 0 Å². The van der Waals surface area contributed by atoms with Gasteiger partial charge in [0, 0.05) is 6.85 Å². The molecule has 5 atom stereocenters. The summed E-state index contributed by atoms with van der Waals surface area (Å²) >= 11 is 0. The molecule has 3 N–H and O–H groups in total. The van der Waals surface area contributed by atoms with Crippen molar-refractivity contribution in [3.05, 3.63) is 29.3 Å². The lowest BCUT2D eigenvalue weighted by atomic mass is 9.73. The number of aliphatic carboxylic acids is 1. The van der Waals surface area contributed by atoms with Crippen molar-refractivity contribution in [1.82, 2.24) is 0 Å². The zero-order valence-electron chi connectivity index (χ0n) is 22.9. The summed E-state index contributed by atoms with van der Waals surface area (Å²) in [6.07, 6.45) is -1.61. The third kappa shape index (κ3) is 5.06. The lowest BCUT2D eigenvalue weighted by Gasteiger charge is -2.32. The molecule has 0 saturated heterocycles. The molecule has 1 fully saturated rings. The molecule has 1 aromatic rings. The number of rotatable bonds is 10. The van der Waals surface area contributed by atoms with Gasteiger partial charge in [0.2, 0.25) is 0 Å². The Bertz CT molecular complexity index is 905. The summed E-state index contributed by atoms with van der Waals surface area (Å²) in [5.41, 5.74) is 1.65. The normalized spacial score (nSPS) is 32.3. The second-order valence-electron chi connectivity index (χ2n) is 7.85. The van der Waals surface area contributed by atoms with Crippen LogP contribution in [0.3, 0.4) is 0 Å². The molecule has 5 heteroatoms. The number of carbonyl (C=O) groups is 1. The number of aliphatic hydroxyl groups is 2. The van der Waals surface area contributed by atoms with E-state index in [1.54, 1.807) is 12.1 Å². The fourth-order valence-electron chi connectivity index (χ4n) is 4.81. The van der Waals surface area contributed by atoms with E-state index in [9.17, 15) is 15.0 Å². The summed E-state index contributed by atoms with van der Waals surface area (Å²) in [7, 11) is 0. The third-order valence-electron chi connectivity index (χ3n) is 6.10. The van der Waals surface area contributed by atoms with Gasteiger partial charge in [-0.05, 0) is 73.4 Å². The Morgan fingerprint density at radius 3 is 3.04 bits per heavy atom. The minimum atomic E-state index is -2.86. The lowest BCUT2D eigenvalue weighted by Crippen LogP contribution is -2.28. The number of ether oxygens (including phenoxy) is 1. The van der Waals surface area contributed by atoms with Crippen LogP contribution < -0.4 is 4.74 Å². The van der Waals surface area contributed by atoms with E-state index in [1.165, 1.54) is 0 Å². The molecular weight excluding hydrogens is 356 g/mol. The van der Waals surface area contributed by atoms with Crippen LogP contribution in [0.15, 0.2) is 18.2 Å². The van der Waals surface area contributed by atoms with Gasteiger partial charge in [0.05, 0.1) is 14.9 Å². The van der Waals surface area contributed by atoms with Crippen molar-refractivity contribution >= 4 is 5.97 Å². The monoisotopic (exact) mass is 397 g/mol. The minimum Gasteiger partial charge on any atom is -0.482 e. The van der Waals surface area contributed by atoms with Gasteiger partial charge in [-0.3, -0.25) is 0 Å². The Morgan fingerprint density at radius 2 is 2.25 bits per heavy atom. The minimum absolute atomic E-state index is 0.0498. The molecule has 0 bridgehead atoms. The van der Waals surface area contributed by atoms with E-state index in [0.29, 0.717) is 25.7 Å². The van der Waals surface area contributed by atoms with Gasteiger partial charge >= 0.3 is 5.97 Å². The van der Waals surface area contributed by atoms with Crippen molar-refractivity contribution in [3.63, 3.8) is 0 Å². The van der Waals surface area contributed by atoms with Crippen LogP contribution in [0.25, 0.3) is 0 Å². The lowest BCUT2D eigenvalue weighted by molar-refractivity contribution is -0.139. The average molecular weight is 398 g/mol. The Labute approximate surface area is 177 Å². The van der Waals surface area contributed by atoms with E-state index < -0.39 is 38.0 Å². The Morgan fingerprint density at radius 1 is 1.39 bits per heavy atom. The van der Waals surface area contributed by atoms with Crippen LogP contribution in [0.2, 0.25) is 0 Å². The summed E-state index contributed by atoms with van der Waals surface area (Å²) in [4.78, 5) is 11.2. The Balaban J connectivity index is 1.65. The van der Waals surface area contributed by atoms with Crippen LogP contribution in [-0.2, 0) is 17.6 Å². The summed E-state index contributed by atoms with van der Waals surface area (Å²) in [5.74, 6) is -1.49. The molecular formula is C23H34O5. The van der Waals surface area contributed by atoms with Crippen LogP contribution in [0, 0.1) is 17.8 Å². The van der Waals surface area contributed by atoms with Crippen LogP contribution >= 0.6 is 0 Å². The summed E-state index contributed by atoms with van der Waals surface area (Å²) in [5, 5.41) is 30.3. The van der Waals surface area contributed by atoms with E-state index in [4.69, 9.17) is 19.4 Å². The first kappa shape index (κ1) is 13.6. The van der Waals surface area contributed by atoms with Gasteiger partial charge in [0.15, 0.2) is 6.56 Å². The number of fused-ring (bicyclic) bond motifs is 2. The maximum absolute atomic E-state index is 11.2. The van der Waals surface area contributed by atoms with Gasteiger partial charge in [-0.25, -0.2) is 4.79 Å². The first-order chi connectivity index (χ1) is 16.1. The SMILES string of the molecule is [2H]C([2H])([2H])CCCC([2H])([2H])[C@H](O)CC[C@@H]1[C@H]2Cc3cccc(OC([2H])([2H])C(=O)O)c3C[C@H]2C[C@H]1O. The number of aliphatic hydroxyl groups excluding tert-OH is 2. The van der Waals surface area contributed by atoms with E-state index in [0.717, 1.165) is 11.1 Å². The number of hydrogen-bond acceptors (Lipinski definition) is 4. The fourth-order valence-corrected chi connectivity index (χ4v) is 4.81. The van der Waals surface area contributed by atoms with Crippen molar-refractivity contribution in [3.8, 4) is 5.75 Å². The second-order valence-corrected chi connectivity index (χ2v) is 7.85. The molecule has 3 rings (SSSR count). The first-order valence-corrected chi connectivity index (χ1v) is 10.00. The molecule has 0 radical (unpaired) electrons. The molecule has 5 nitrogen and oxygen atoms in total. The van der Waals surface area contributed by atoms with Gasteiger partial charge < -0.3 is 20.1 Å². The Hall–Kier alpha value is -1.59. The highest BCUT2D eigenvalue weighted by molar-refractivity contribution is 5.68. The quantitative estimate of drug-likeness (QED) is 0.562. The molecule has 0 aromatic heterocycles. The largest absolute Gasteiger partial charge is 0.482 e. The van der Waals surface area contributed by atoms with Crippen molar-refractivity contribution in [2.24, 2.45) is 17.8 Å². The molecule has 156 valence electrons. The van der Waals surface area contributed by atoms with E-state index >= 15 is 0 Å². The molecule has 0 aliphatic heterocycles. The number of benzene rings is 1. The maximum atomic E-state index is 11.2. The zero-order valence-corrected chi connectivity index (χ0v) is 15.9. The van der Waals surface area contributed by atoms with Crippen LogP contribution in [0.1, 0.15) is 72.5 Å². The standard InChI is InChI=1S/C23H34O5/c1-2-3-4-7-17(24)9-10-18-19-11-15-6-5-8-22(28-14-23(26)27)20(15)12-16(19)13-21(18)25/h5-6,8,16-19,21,24-25H,2-4,7,9-14H2,1H3,(H,26,27)/t16-,17-,18+,19-,21+/m0/s1/i1D3,7D2,14D2. The molecule has 1 aromatic carbocycles. The molecule has 28 heavy (non-hydrogen) atoms. The number of carboxylic acids is 1. The molecule has 1 saturated carbocycles. The average Bonchev–Trinajstić information content (AvgIpc) is 3.03. The van der Waals surface area contributed by atoms with E-state index in [1.807, 2.05) is 6.07 Å². The topological polar surface area (TPSA) is 87.0 Å².